The second-order valence-electron chi connectivity index (χ2n) is 6.89. The highest BCUT2D eigenvalue weighted by Crippen LogP contribution is 2.38. The standard InChI is InChI=1S/C21H30/c1-5-7-8-9-18-10-12-19(13-11-18)20-14-16(3)21(6-2)17(4)15-20/h2,14-15,18-19H,5,7-13H2,1,3-4H3. The molecule has 0 aromatic heterocycles. The van der Waals surface area contributed by atoms with Crippen molar-refractivity contribution in [2.45, 2.75) is 78.1 Å². The average Bonchev–Trinajstić information content (AvgIpc) is 2.48. The van der Waals surface area contributed by atoms with E-state index in [0.29, 0.717) is 0 Å². The Labute approximate surface area is 131 Å². The molecule has 1 aliphatic rings. The summed E-state index contributed by atoms with van der Waals surface area (Å²) in [5, 5.41) is 0. The van der Waals surface area contributed by atoms with Crippen molar-refractivity contribution >= 4 is 0 Å². The molecule has 1 saturated carbocycles. The van der Waals surface area contributed by atoms with Crippen LogP contribution >= 0.6 is 0 Å². The van der Waals surface area contributed by atoms with E-state index in [9.17, 15) is 0 Å². The van der Waals surface area contributed by atoms with Crippen molar-refractivity contribution in [2.75, 3.05) is 0 Å². The Morgan fingerprint density at radius 2 is 1.67 bits per heavy atom. The van der Waals surface area contributed by atoms with E-state index in [1.165, 1.54) is 68.1 Å². The van der Waals surface area contributed by atoms with Gasteiger partial charge >= 0.3 is 0 Å². The third-order valence-electron chi connectivity index (χ3n) is 5.23. The van der Waals surface area contributed by atoms with Gasteiger partial charge in [-0.1, -0.05) is 50.7 Å². The van der Waals surface area contributed by atoms with Gasteiger partial charge in [0.1, 0.15) is 0 Å². The molecule has 0 N–H and O–H groups in total. The summed E-state index contributed by atoms with van der Waals surface area (Å²) >= 11 is 0. The van der Waals surface area contributed by atoms with Gasteiger partial charge in [-0.25, -0.2) is 0 Å². The van der Waals surface area contributed by atoms with Gasteiger partial charge in [-0.3, -0.25) is 0 Å². The minimum Gasteiger partial charge on any atom is -0.115 e. The maximum Gasteiger partial charge on any atom is 0.0301 e. The van der Waals surface area contributed by atoms with E-state index in [1.54, 1.807) is 0 Å². The minimum atomic E-state index is 0.761. The Hall–Kier alpha value is -1.22. The van der Waals surface area contributed by atoms with E-state index in [0.717, 1.165) is 17.4 Å². The lowest BCUT2D eigenvalue weighted by Gasteiger charge is -2.29. The quantitative estimate of drug-likeness (QED) is 0.449. The molecular formula is C21H30. The van der Waals surface area contributed by atoms with Crippen molar-refractivity contribution in [1.29, 1.82) is 0 Å². The number of aryl methyl sites for hydroxylation is 2. The van der Waals surface area contributed by atoms with Crippen molar-refractivity contribution in [1.82, 2.24) is 0 Å². The largest absolute Gasteiger partial charge is 0.115 e. The predicted octanol–water partition coefficient (Wildman–Crippen LogP) is 6.14. The van der Waals surface area contributed by atoms with Crippen LogP contribution in [0.1, 0.15) is 86.5 Å². The average molecular weight is 282 g/mol. The van der Waals surface area contributed by atoms with E-state index in [4.69, 9.17) is 6.42 Å². The zero-order valence-electron chi connectivity index (χ0n) is 14.0. The van der Waals surface area contributed by atoms with Gasteiger partial charge < -0.3 is 0 Å². The minimum absolute atomic E-state index is 0.761. The predicted molar refractivity (Wildman–Crippen MR) is 92.7 cm³/mol. The van der Waals surface area contributed by atoms with E-state index in [1.807, 2.05) is 0 Å². The fourth-order valence-electron chi connectivity index (χ4n) is 3.93. The van der Waals surface area contributed by atoms with Gasteiger partial charge in [0, 0.05) is 5.56 Å². The molecule has 1 fully saturated rings. The molecule has 0 aliphatic heterocycles. The zero-order chi connectivity index (χ0) is 15.2. The van der Waals surface area contributed by atoms with Gasteiger partial charge in [0.15, 0.2) is 0 Å². The third-order valence-corrected chi connectivity index (χ3v) is 5.23. The van der Waals surface area contributed by atoms with Gasteiger partial charge in [0.25, 0.3) is 0 Å². The van der Waals surface area contributed by atoms with E-state index >= 15 is 0 Å². The lowest BCUT2D eigenvalue weighted by Crippen LogP contribution is -2.14. The number of benzene rings is 1. The molecule has 0 heteroatoms. The van der Waals surface area contributed by atoms with Crippen LogP contribution < -0.4 is 0 Å². The van der Waals surface area contributed by atoms with Crippen molar-refractivity contribution in [3.8, 4) is 12.3 Å². The van der Waals surface area contributed by atoms with Crippen LogP contribution in [-0.4, -0.2) is 0 Å². The first kappa shape index (κ1) is 16.2. The van der Waals surface area contributed by atoms with Crippen LogP contribution in [0.5, 0.6) is 0 Å². The van der Waals surface area contributed by atoms with Crippen LogP contribution in [-0.2, 0) is 0 Å². The number of rotatable bonds is 5. The van der Waals surface area contributed by atoms with Crippen LogP contribution in [0.3, 0.4) is 0 Å². The van der Waals surface area contributed by atoms with Crippen LogP contribution in [0, 0.1) is 32.1 Å². The summed E-state index contributed by atoms with van der Waals surface area (Å²) in [4.78, 5) is 0. The van der Waals surface area contributed by atoms with Crippen LogP contribution in [0.2, 0.25) is 0 Å². The second-order valence-corrected chi connectivity index (χ2v) is 6.89. The zero-order valence-corrected chi connectivity index (χ0v) is 14.0. The molecule has 0 spiro atoms. The summed E-state index contributed by atoms with van der Waals surface area (Å²) in [7, 11) is 0. The van der Waals surface area contributed by atoms with Gasteiger partial charge in [0.2, 0.25) is 0 Å². The molecule has 2 rings (SSSR count). The van der Waals surface area contributed by atoms with Gasteiger partial charge in [-0.15, -0.1) is 6.42 Å². The van der Waals surface area contributed by atoms with Gasteiger partial charge in [0.05, 0.1) is 0 Å². The maximum atomic E-state index is 5.61. The molecule has 0 nitrogen and oxygen atoms in total. The Morgan fingerprint density at radius 1 is 1.05 bits per heavy atom. The third kappa shape index (κ3) is 4.13. The Balaban J connectivity index is 1.95. The molecule has 0 radical (unpaired) electrons. The maximum absolute atomic E-state index is 5.61. The molecule has 1 aliphatic carbocycles. The van der Waals surface area contributed by atoms with Crippen molar-refractivity contribution in [3.63, 3.8) is 0 Å². The van der Waals surface area contributed by atoms with Gasteiger partial charge in [-0.2, -0.15) is 0 Å². The Morgan fingerprint density at radius 3 is 2.19 bits per heavy atom. The molecule has 0 atom stereocenters. The topological polar surface area (TPSA) is 0 Å². The molecule has 0 unspecified atom stereocenters. The lowest BCUT2D eigenvalue weighted by atomic mass is 9.76. The fraction of sp³-hybridized carbons (Fsp3) is 0.619. The summed E-state index contributed by atoms with van der Waals surface area (Å²) < 4.78 is 0. The highest BCUT2D eigenvalue weighted by Gasteiger charge is 2.22. The second kappa shape index (κ2) is 7.69. The highest BCUT2D eigenvalue weighted by molar-refractivity contribution is 5.48. The number of unbranched alkanes of at least 4 members (excludes halogenated alkanes) is 2. The first-order chi connectivity index (χ1) is 10.2. The van der Waals surface area contributed by atoms with Crippen molar-refractivity contribution < 1.29 is 0 Å². The highest BCUT2D eigenvalue weighted by atomic mass is 14.3. The van der Waals surface area contributed by atoms with Gasteiger partial charge in [-0.05, 0) is 68.1 Å². The Kier molecular flexibility index (Phi) is 5.92. The first-order valence-electron chi connectivity index (χ1n) is 8.73. The normalized spacial score (nSPS) is 22.0. The summed E-state index contributed by atoms with van der Waals surface area (Å²) in [5.41, 5.74) is 5.16. The number of terminal acetylenes is 1. The summed E-state index contributed by atoms with van der Waals surface area (Å²) in [6.07, 6.45) is 16.8. The number of hydrogen-bond acceptors (Lipinski definition) is 0. The number of hydrogen-bond donors (Lipinski definition) is 0. The molecule has 0 bridgehead atoms. The van der Waals surface area contributed by atoms with E-state index < -0.39 is 0 Å². The van der Waals surface area contributed by atoms with E-state index in [2.05, 4.69) is 38.8 Å². The molecule has 0 saturated heterocycles. The summed E-state index contributed by atoms with van der Waals surface area (Å²) in [5.74, 6) is 4.58. The fourth-order valence-corrected chi connectivity index (χ4v) is 3.93. The van der Waals surface area contributed by atoms with Crippen molar-refractivity contribution in [2.24, 2.45) is 5.92 Å². The molecular weight excluding hydrogens is 252 g/mol. The first-order valence-corrected chi connectivity index (χ1v) is 8.73. The lowest BCUT2D eigenvalue weighted by molar-refractivity contribution is 0.302. The molecule has 114 valence electrons. The smallest absolute Gasteiger partial charge is 0.0301 e. The Bertz CT molecular complexity index is 472. The molecule has 0 amide bonds. The summed E-state index contributed by atoms with van der Waals surface area (Å²) in [6, 6.07) is 4.68. The van der Waals surface area contributed by atoms with Crippen LogP contribution in [0.4, 0.5) is 0 Å². The van der Waals surface area contributed by atoms with Crippen LogP contribution in [0.15, 0.2) is 12.1 Å². The molecule has 0 heterocycles. The van der Waals surface area contributed by atoms with Crippen LogP contribution in [0.25, 0.3) is 0 Å². The molecule has 21 heavy (non-hydrogen) atoms. The summed E-state index contributed by atoms with van der Waals surface area (Å²) in [6.45, 7) is 6.60. The molecule has 1 aromatic carbocycles. The SMILES string of the molecule is C#Cc1c(C)cc(C2CCC(CCCCC)CC2)cc1C. The molecule has 1 aromatic rings. The monoisotopic (exact) mass is 282 g/mol. The van der Waals surface area contributed by atoms with E-state index in [-0.39, 0.29) is 0 Å². The van der Waals surface area contributed by atoms with Crippen molar-refractivity contribution in [3.05, 3.63) is 34.4 Å².